The standard InChI is InChI=1S/C6H12N/c1-3-4-5-6-7-2/h4-5,7H,2-3,6H2,1H3/b5-4+. The van der Waals surface area contributed by atoms with Crippen LogP contribution in [0.25, 0.3) is 0 Å². The minimum Gasteiger partial charge on any atom is -0.312 e. The zero-order valence-corrected chi connectivity index (χ0v) is 4.78. The van der Waals surface area contributed by atoms with Crippen molar-refractivity contribution in [2.75, 3.05) is 6.54 Å². The van der Waals surface area contributed by atoms with E-state index in [1.54, 1.807) is 0 Å². The fourth-order valence-corrected chi connectivity index (χ4v) is 0.333. The molecule has 1 heteroatoms. The van der Waals surface area contributed by atoms with Crippen LogP contribution >= 0.6 is 0 Å². The van der Waals surface area contributed by atoms with Gasteiger partial charge in [-0.25, -0.2) is 0 Å². The molecular weight excluding hydrogens is 86.1 g/mol. The van der Waals surface area contributed by atoms with Gasteiger partial charge in [-0.15, -0.1) is 0 Å². The zero-order valence-electron chi connectivity index (χ0n) is 4.78. The summed E-state index contributed by atoms with van der Waals surface area (Å²) in [6, 6.07) is 0. The fourth-order valence-electron chi connectivity index (χ4n) is 0.333. The SMILES string of the molecule is [CH2]NC/C=C/CC. The molecule has 0 aromatic carbocycles. The molecule has 0 bridgehead atoms. The molecule has 1 N–H and O–H groups in total. The molecule has 0 rings (SSSR count). The zero-order chi connectivity index (χ0) is 5.54. The Kier molecular flexibility index (Phi) is 5.46. The molecule has 1 radical (unpaired) electrons. The predicted octanol–water partition coefficient (Wildman–Crippen LogP) is 1.33. The number of hydrogen-bond acceptors (Lipinski definition) is 1. The normalized spacial score (nSPS) is 10.6. The third-order valence-corrected chi connectivity index (χ3v) is 0.665. The molecule has 0 heterocycles. The van der Waals surface area contributed by atoms with Gasteiger partial charge in [0.2, 0.25) is 0 Å². The lowest BCUT2D eigenvalue weighted by molar-refractivity contribution is 0.975. The first kappa shape index (κ1) is 6.70. The Balaban J connectivity index is 2.78. The van der Waals surface area contributed by atoms with Gasteiger partial charge in [-0.05, 0) is 6.42 Å². The van der Waals surface area contributed by atoms with Gasteiger partial charge in [-0.3, -0.25) is 0 Å². The molecule has 41 valence electrons. The van der Waals surface area contributed by atoms with Crippen molar-refractivity contribution < 1.29 is 0 Å². The fraction of sp³-hybridized carbons (Fsp3) is 0.500. The maximum atomic E-state index is 3.46. The first-order valence-electron chi connectivity index (χ1n) is 2.56. The lowest BCUT2D eigenvalue weighted by Crippen LogP contribution is -1.99. The monoisotopic (exact) mass is 98.1 g/mol. The van der Waals surface area contributed by atoms with Crippen LogP contribution in [0.3, 0.4) is 0 Å². The first-order chi connectivity index (χ1) is 3.41. The van der Waals surface area contributed by atoms with Gasteiger partial charge in [0.1, 0.15) is 0 Å². The third-order valence-electron chi connectivity index (χ3n) is 0.665. The Bertz CT molecular complexity index is 48.1. The van der Waals surface area contributed by atoms with Crippen molar-refractivity contribution in [2.45, 2.75) is 13.3 Å². The van der Waals surface area contributed by atoms with Gasteiger partial charge in [0.05, 0.1) is 0 Å². The second-order valence-electron chi connectivity index (χ2n) is 1.33. The van der Waals surface area contributed by atoms with Crippen LogP contribution in [0.5, 0.6) is 0 Å². The van der Waals surface area contributed by atoms with Gasteiger partial charge >= 0.3 is 0 Å². The Labute approximate surface area is 45.4 Å². The van der Waals surface area contributed by atoms with Crippen molar-refractivity contribution in [3.63, 3.8) is 0 Å². The van der Waals surface area contributed by atoms with Crippen LogP contribution in [0.4, 0.5) is 0 Å². The summed E-state index contributed by atoms with van der Waals surface area (Å²) in [6.07, 6.45) is 5.28. The maximum Gasteiger partial charge on any atom is 0.0135 e. The summed E-state index contributed by atoms with van der Waals surface area (Å²) in [4.78, 5) is 0. The van der Waals surface area contributed by atoms with E-state index in [0.717, 1.165) is 13.0 Å². The van der Waals surface area contributed by atoms with Crippen molar-refractivity contribution in [3.8, 4) is 0 Å². The molecule has 7 heavy (non-hydrogen) atoms. The quantitative estimate of drug-likeness (QED) is 0.525. The van der Waals surface area contributed by atoms with Crippen LogP contribution in [0, 0.1) is 7.05 Å². The minimum atomic E-state index is 0.883. The van der Waals surface area contributed by atoms with Crippen molar-refractivity contribution in [1.29, 1.82) is 0 Å². The van der Waals surface area contributed by atoms with E-state index in [9.17, 15) is 0 Å². The van der Waals surface area contributed by atoms with Gasteiger partial charge in [-0.1, -0.05) is 19.1 Å². The predicted molar refractivity (Wildman–Crippen MR) is 32.8 cm³/mol. The number of nitrogens with one attached hydrogen (secondary N) is 1. The molecule has 0 saturated heterocycles. The summed E-state index contributed by atoms with van der Waals surface area (Å²) >= 11 is 0. The molecule has 0 unspecified atom stereocenters. The van der Waals surface area contributed by atoms with Crippen molar-refractivity contribution in [1.82, 2.24) is 5.32 Å². The van der Waals surface area contributed by atoms with Gasteiger partial charge in [0.15, 0.2) is 0 Å². The molecule has 0 aromatic heterocycles. The average Bonchev–Trinajstić information content (AvgIpc) is 1.69. The van der Waals surface area contributed by atoms with Crippen molar-refractivity contribution in [2.24, 2.45) is 0 Å². The first-order valence-corrected chi connectivity index (χ1v) is 2.56. The highest BCUT2D eigenvalue weighted by Crippen LogP contribution is 1.75. The number of allylic oxidation sites excluding steroid dienone is 1. The highest BCUT2D eigenvalue weighted by Gasteiger charge is 1.65. The van der Waals surface area contributed by atoms with Crippen LogP contribution < -0.4 is 5.32 Å². The van der Waals surface area contributed by atoms with E-state index >= 15 is 0 Å². The number of rotatable bonds is 3. The lowest BCUT2D eigenvalue weighted by Gasteiger charge is -1.83. The van der Waals surface area contributed by atoms with Crippen LogP contribution in [0.1, 0.15) is 13.3 Å². The van der Waals surface area contributed by atoms with Gasteiger partial charge < -0.3 is 5.32 Å². The van der Waals surface area contributed by atoms with Crippen LogP contribution in [0.15, 0.2) is 12.2 Å². The summed E-state index contributed by atoms with van der Waals surface area (Å²) in [6.45, 7) is 2.99. The molecule has 1 nitrogen and oxygen atoms in total. The topological polar surface area (TPSA) is 12.0 Å². The highest BCUT2D eigenvalue weighted by atomic mass is 14.8. The smallest absolute Gasteiger partial charge is 0.0135 e. The summed E-state index contributed by atoms with van der Waals surface area (Å²) in [5.74, 6) is 0. The molecule has 0 atom stereocenters. The van der Waals surface area contributed by atoms with Crippen molar-refractivity contribution >= 4 is 0 Å². The summed E-state index contributed by atoms with van der Waals surface area (Å²) < 4.78 is 0. The van der Waals surface area contributed by atoms with E-state index < -0.39 is 0 Å². The molecule has 0 amide bonds. The summed E-state index contributed by atoms with van der Waals surface area (Å²) in [7, 11) is 3.46. The summed E-state index contributed by atoms with van der Waals surface area (Å²) in [5.41, 5.74) is 0. The average molecular weight is 98.2 g/mol. The molecule has 0 saturated carbocycles. The largest absolute Gasteiger partial charge is 0.312 e. The van der Waals surface area contributed by atoms with Gasteiger partial charge in [-0.2, -0.15) is 0 Å². The molecule has 0 aliphatic heterocycles. The maximum absolute atomic E-state index is 3.46. The molecule has 0 aromatic rings. The highest BCUT2D eigenvalue weighted by molar-refractivity contribution is 4.81. The lowest BCUT2D eigenvalue weighted by atomic mass is 10.4. The van der Waals surface area contributed by atoms with Crippen LogP contribution in [-0.4, -0.2) is 6.54 Å². The Morgan fingerprint density at radius 3 is 2.71 bits per heavy atom. The second kappa shape index (κ2) is 5.70. The van der Waals surface area contributed by atoms with E-state index in [4.69, 9.17) is 0 Å². The van der Waals surface area contributed by atoms with Crippen molar-refractivity contribution in [3.05, 3.63) is 19.2 Å². The molecule has 0 aliphatic rings. The van der Waals surface area contributed by atoms with E-state index in [-0.39, 0.29) is 0 Å². The Morgan fingerprint density at radius 1 is 1.57 bits per heavy atom. The molecule has 0 aliphatic carbocycles. The second-order valence-corrected chi connectivity index (χ2v) is 1.33. The Morgan fingerprint density at radius 2 is 2.29 bits per heavy atom. The van der Waals surface area contributed by atoms with Crippen LogP contribution in [0.2, 0.25) is 0 Å². The van der Waals surface area contributed by atoms with E-state index in [1.807, 2.05) is 0 Å². The Hall–Kier alpha value is -0.300. The molecule has 0 spiro atoms. The van der Waals surface area contributed by atoms with Crippen LogP contribution in [-0.2, 0) is 0 Å². The minimum absolute atomic E-state index is 0.883. The van der Waals surface area contributed by atoms with Gasteiger partial charge in [0.25, 0.3) is 0 Å². The number of hydrogen-bond donors (Lipinski definition) is 1. The van der Waals surface area contributed by atoms with E-state index in [1.165, 1.54) is 0 Å². The van der Waals surface area contributed by atoms with Gasteiger partial charge in [0, 0.05) is 13.6 Å². The summed E-state index contributed by atoms with van der Waals surface area (Å²) in [5, 5.41) is 2.77. The molecule has 0 fully saturated rings. The third kappa shape index (κ3) is 5.70. The van der Waals surface area contributed by atoms with E-state index in [2.05, 4.69) is 31.4 Å². The van der Waals surface area contributed by atoms with E-state index in [0.29, 0.717) is 0 Å². The molecular formula is C6H12N.